The van der Waals surface area contributed by atoms with E-state index in [0.29, 0.717) is 5.56 Å². The number of thioether (sulfide) groups is 1. The number of amides is 3. The number of hydrogen-bond acceptors (Lipinski definition) is 8. The monoisotopic (exact) mass is 624 g/mol. The number of aliphatic hydroxyl groups is 1. The molecule has 0 bridgehead atoms. The number of aliphatic carboxylic acids is 2. The van der Waals surface area contributed by atoms with Gasteiger partial charge in [0, 0.05) is 35.3 Å². The molecule has 3 amide bonds. The van der Waals surface area contributed by atoms with Crippen LogP contribution in [0.1, 0.15) is 29.6 Å². The summed E-state index contributed by atoms with van der Waals surface area (Å²) in [5.74, 6) is -4.26. The van der Waals surface area contributed by atoms with Crippen LogP contribution in [-0.4, -0.2) is 80.1 Å². The maximum atomic E-state index is 12.4. The zero-order valence-corrected chi connectivity index (χ0v) is 24.2. The lowest BCUT2D eigenvalue weighted by molar-refractivity contribution is -0.344. The molecule has 1 aromatic heterocycles. The molecule has 13 nitrogen and oxygen atoms in total. The minimum Gasteiger partial charge on any atom is -0.548 e. The number of nitrogens with one attached hydrogen (secondary N) is 3. The molecule has 0 saturated carbocycles. The number of H-pyrrole nitrogens is 1. The third kappa shape index (κ3) is 7.98. The first kappa shape index (κ1) is 33.7. The van der Waals surface area contributed by atoms with Gasteiger partial charge in [-0.3, -0.25) is 19.3 Å². The van der Waals surface area contributed by atoms with Crippen molar-refractivity contribution in [1.29, 1.82) is 0 Å². The molecule has 3 aromatic rings. The number of carboxylic acids is 2. The zero-order valence-electron chi connectivity index (χ0n) is 23.4. The summed E-state index contributed by atoms with van der Waals surface area (Å²) in [7, 11) is 0. The number of aliphatic hydroxyl groups excluding tert-OH is 1. The van der Waals surface area contributed by atoms with Crippen molar-refractivity contribution in [3.63, 3.8) is 0 Å². The van der Waals surface area contributed by atoms with E-state index in [1.807, 2.05) is 24.4 Å². The van der Waals surface area contributed by atoms with Crippen LogP contribution in [0.4, 0.5) is 0 Å². The molecule has 5 rings (SSSR count). The van der Waals surface area contributed by atoms with E-state index in [-0.39, 0.29) is 41.8 Å². The van der Waals surface area contributed by atoms with Gasteiger partial charge in [0.25, 0.3) is 11.8 Å². The second-order valence-corrected chi connectivity index (χ2v) is 10.8. The van der Waals surface area contributed by atoms with Crippen LogP contribution in [-0.2, 0) is 19.2 Å². The van der Waals surface area contributed by atoms with Gasteiger partial charge >= 0.3 is 5.97 Å². The smallest absolute Gasteiger partial charge is 0.352 e. The van der Waals surface area contributed by atoms with Crippen molar-refractivity contribution >= 4 is 52.3 Å². The van der Waals surface area contributed by atoms with E-state index in [1.165, 1.54) is 34.8 Å². The third-order valence-corrected chi connectivity index (χ3v) is 8.19. The molecule has 0 spiro atoms. The zero-order chi connectivity index (χ0) is 30.9. The number of carbonyl (C=O) groups excluding carboxylic acids is 4. The van der Waals surface area contributed by atoms with E-state index in [4.69, 9.17) is 0 Å². The first-order chi connectivity index (χ1) is 20.7. The molecule has 3 atom stereocenters. The SMILES string of the molecule is O.O=C(CCC[C@@H](NC(=O)c1ccccc1)C(=O)[O-])N[C@@H]1C(=O)N2C(C(=O)O)=C(CO)CS[C@H]12.c1ccc2[nH+]cccc2c1. The maximum absolute atomic E-state index is 12.4. The number of nitrogens with zero attached hydrogens (tertiary/aromatic N) is 1. The Morgan fingerprint density at radius 1 is 1.05 bits per heavy atom. The highest BCUT2D eigenvalue weighted by atomic mass is 32.2. The minimum atomic E-state index is -1.48. The summed E-state index contributed by atoms with van der Waals surface area (Å²) in [4.78, 5) is 63.9. The van der Waals surface area contributed by atoms with Crippen molar-refractivity contribution in [2.45, 2.75) is 36.7 Å². The predicted molar refractivity (Wildman–Crippen MR) is 157 cm³/mol. The average Bonchev–Trinajstić information content (AvgIpc) is 3.02. The minimum absolute atomic E-state index is 0. The molecule has 3 heterocycles. The molecule has 0 unspecified atom stereocenters. The summed E-state index contributed by atoms with van der Waals surface area (Å²) in [6.45, 7) is -0.484. The van der Waals surface area contributed by atoms with Gasteiger partial charge in [-0.15, -0.1) is 11.8 Å². The van der Waals surface area contributed by atoms with E-state index in [9.17, 15) is 39.3 Å². The summed E-state index contributed by atoms with van der Waals surface area (Å²) in [6, 6.07) is 18.2. The number of aromatic amines is 1. The standard InChI is InChI=1S/C21H23N3O8S.C9H7N.H2O/c25-9-12-10-33-19-15(18(28)24(19)16(12)21(31)32)23-14(26)8-4-7-13(20(29)30)22-17(27)11-5-2-1-3-6-11;1-2-6-9-8(4-1)5-3-7-10-9;/h1-3,5-6,13,15,19,25H,4,7-10H2,(H,22,27)(H,23,26)(H,29,30)(H,31,32);1-7H;1H2/t13-,15-,19-;;/m1../s1. The van der Waals surface area contributed by atoms with Crippen molar-refractivity contribution in [2.24, 2.45) is 0 Å². The number of β-lactam (4-membered cyclic amide) rings is 1. The number of aromatic nitrogens is 1. The van der Waals surface area contributed by atoms with Crippen LogP contribution in [0.15, 0.2) is 84.2 Å². The second-order valence-electron chi connectivity index (χ2n) is 9.73. The fourth-order valence-electron chi connectivity index (χ4n) is 4.66. The van der Waals surface area contributed by atoms with Crippen LogP contribution in [0.25, 0.3) is 10.9 Å². The third-order valence-electron chi connectivity index (χ3n) is 6.85. The summed E-state index contributed by atoms with van der Waals surface area (Å²) >= 11 is 1.23. The van der Waals surface area contributed by atoms with E-state index in [2.05, 4.69) is 33.8 Å². The molecule has 0 aliphatic carbocycles. The van der Waals surface area contributed by atoms with Gasteiger partial charge in [-0.2, -0.15) is 0 Å². The Labute approximate surface area is 256 Å². The van der Waals surface area contributed by atoms with Crippen molar-refractivity contribution in [1.82, 2.24) is 15.5 Å². The summed E-state index contributed by atoms with van der Waals surface area (Å²) in [6.07, 6.45) is 1.89. The van der Waals surface area contributed by atoms with Gasteiger partial charge in [0.15, 0.2) is 6.20 Å². The lowest BCUT2D eigenvalue weighted by Gasteiger charge is -2.49. The number of carbonyl (C=O) groups is 5. The summed E-state index contributed by atoms with van der Waals surface area (Å²) in [5, 5.41) is 35.6. The lowest BCUT2D eigenvalue weighted by atomic mass is 10.0. The van der Waals surface area contributed by atoms with E-state index < -0.39 is 53.7 Å². The van der Waals surface area contributed by atoms with Gasteiger partial charge in [0.1, 0.15) is 17.1 Å². The lowest BCUT2D eigenvalue weighted by Crippen LogP contribution is -2.70. The molecule has 2 aliphatic heterocycles. The summed E-state index contributed by atoms with van der Waals surface area (Å²) in [5.41, 5.74) is 1.44. The van der Waals surface area contributed by atoms with Crippen LogP contribution in [0.5, 0.6) is 0 Å². The van der Waals surface area contributed by atoms with E-state index in [0.717, 1.165) is 4.90 Å². The highest BCUT2D eigenvalue weighted by molar-refractivity contribution is 8.00. The van der Waals surface area contributed by atoms with Crippen molar-refractivity contribution in [3.05, 3.63) is 89.8 Å². The number of benzene rings is 2. The van der Waals surface area contributed by atoms with Crippen LogP contribution in [0, 0.1) is 0 Å². The van der Waals surface area contributed by atoms with E-state index in [1.54, 1.807) is 18.2 Å². The van der Waals surface area contributed by atoms with Gasteiger partial charge in [0.05, 0.1) is 18.6 Å². The van der Waals surface area contributed by atoms with E-state index >= 15 is 0 Å². The number of para-hydroxylation sites is 1. The van der Waals surface area contributed by atoms with Gasteiger partial charge in [-0.1, -0.05) is 30.3 Å². The van der Waals surface area contributed by atoms with Gasteiger partial charge in [-0.05, 0) is 42.7 Å². The molecule has 232 valence electrons. The predicted octanol–water partition coefficient (Wildman–Crippen LogP) is -0.735. The summed E-state index contributed by atoms with van der Waals surface area (Å²) < 4.78 is 0. The number of hydrogen-bond donors (Lipinski definition) is 4. The normalized spacial score (nSPS) is 17.6. The largest absolute Gasteiger partial charge is 0.548 e. The van der Waals surface area contributed by atoms with Gasteiger partial charge in [0.2, 0.25) is 11.4 Å². The van der Waals surface area contributed by atoms with Crippen molar-refractivity contribution < 1.29 is 49.8 Å². The van der Waals surface area contributed by atoms with Crippen LogP contribution < -0.4 is 20.7 Å². The Balaban J connectivity index is 0.000000403. The number of rotatable bonds is 10. The molecule has 2 aromatic carbocycles. The molecule has 14 heteroatoms. The highest BCUT2D eigenvalue weighted by Gasteiger charge is 2.54. The second kappa shape index (κ2) is 15.6. The van der Waals surface area contributed by atoms with Crippen molar-refractivity contribution in [3.8, 4) is 0 Å². The van der Waals surface area contributed by atoms with Gasteiger partial charge in [-0.25, -0.2) is 9.78 Å². The number of fused-ring (bicyclic) bond motifs is 2. The van der Waals surface area contributed by atoms with Crippen LogP contribution >= 0.6 is 11.8 Å². The highest BCUT2D eigenvalue weighted by Crippen LogP contribution is 2.40. The molecule has 44 heavy (non-hydrogen) atoms. The molecule has 0 radical (unpaired) electrons. The Hall–Kier alpha value is -4.79. The topological polar surface area (TPSA) is 222 Å². The molecule has 2 aliphatic rings. The number of carboxylic acid groups (broad SMARTS) is 2. The van der Waals surface area contributed by atoms with Crippen LogP contribution in [0.2, 0.25) is 0 Å². The van der Waals surface area contributed by atoms with Crippen LogP contribution in [0.3, 0.4) is 0 Å². The fraction of sp³-hybridized carbons (Fsp3) is 0.267. The Morgan fingerprint density at radius 3 is 2.39 bits per heavy atom. The molecule has 1 fully saturated rings. The molecule has 7 N–H and O–H groups in total. The fourth-order valence-corrected chi connectivity index (χ4v) is 6.00. The van der Waals surface area contributed by atoms with Crippen molar-refractivity contribution in [2.75, 3.05) is 12.4 Å². The molecular formula is C30H32N4O9S. The van der Waals surface area contributed by atoms with Gasteiger partial charge < -0.3 is 36.2 Å². The quantitative estimate of drug-likeness (QED) is 0.208. The maximum Gasteiger partial charge on any atom is 0.352 e. The first-order valence-corrected chi connectivity index (χ1v) is 14.5. The number of pyridine rings is 1. The Morgan fingerprint density at radius 2 is 1.73 bits per heavy atom. The molecular weight excluding hydrogens is 592 g/mol. The first-order valence-electron chi connectivity index (χ1n) is 13.4. The average molecular weight is 625 g/mol. The Kier molecular flexibility index (Phi) is 12.0. The Bertz CT molecular complexity index is 1480. The molecule has 1 saturated heterocycles.